The Hall–Kier alpha value is -2.28. The molecule has 7 nitrogen and oxygen atoms in total. The van der Waals surface area contributed by atoms with Gasteiger partial charge in [-0.1, -0.05) is 0 Å². The number of carboxylic acid groups (broad SMARTS) is 1. The molecule has 0 unspecified atom stereocenters. The SMILES string of the molecule is Cc1cc(OCC(=O)O)ccc1NC(=O)N1CCC(C2CCNCC2)CC1. The first kappa shape index (κ1) is 19.5. The third kappa shape index (κ3) is 5.35. The third-order valence-electron chi connectivity index (χ3n) is 5.68. The van der Waals surface area contributed by atoms with Gasteiger partial charge in [-0.3, -0.25) is 0 Å². The minimum absolute atomic E-state index is 0.0685. The molecular formula is C20H29N3O4. The summed E-state index contributed by atoms with van der Waals surface area (Å²) in [6.45, 7) is 5.34. The Labute approximate surface area is 160 Å². The van der Waals surface area contributed by atoms with Gasteiger partial charge in [-0.25, -0.2) is 9.59 Å². The average molecular weight is 375 g/mol. The van der Waals surface area contributed by atoms with E-state index < -0.39 is 5.97 Å². The molecule has 0 spiro atoms. The number of aliphatic carboxylic acids is 1. The van der Waals surface area contributed by atoms with E-state index in [1.54, 1.807) is 18.2 Å². The zero-order chi connectivity index (χ0) is 19.2. The molecule has 7 heteroatoms. The molecule has 27 heavy (non-hydrogen) atoms. The highest BCUT2D eigenvalue weighted by atomic mass is 16.5. The fraction of sp³-hybridized carbons (Fsp3) is 0.600. The molecule has 0 saturated carbocycles. The number of aryl methyl sites for hydroxylation is 1. The molecule has 1 aromatic rings. The summed E-state index contributed by atoms with van der Waals surface area (Å²) in [6.07, 6.45) is 4.68. The van der Waals surface area contributed by atoms with Crippen LogP contribution in [0.4, 0.5) is 10.5 Å². The smallest absolute Gasteiger partial charge is 0.341 e. The monoisotopic (exact) mass is 375 g/mol. The van der Waals surface area contributed by atoms with E-state index in [0.717, 1.165) is 62.1 Å². The molecule has 2 heterocycles. The van der Waals surface area contributed by atoms with Crippen molar-refractivity contribution in [3.8, 4) is 5.75 Å². The number of piperidine rings is 2. The molecule has 2 aliphatic rings. The maximum atomic E-state index is 12.6. The number of amides is 2. The number of hydrogen-bond donors (Lipinski definition) is 3. The Bertz CT molecular complexity index is 665. The second-order valence-electron chi connectivity index (χ2n) is 7.50. The van der Waals surface area contributed by atoms with Crippen LogP contribution in [0.15, 0.2) is 18.2 Å². The molecule has 0 bridgehead atoms. The number of hydrogen-bond acceptors (Lipinski definition) is 4. The van der Waals surface area contributed by atoms with Gasteiger partial charge in [0.1, 0.15) is 5.75 Å². The summed E-state index contributed by atoms with van der Waals surface area (Å²) in [5.74, 6) is 1.01. The summed E-state index contributed by atoms with van der Waals surface area (Å²) in [4.78, 5) is 25.1. The van der Waals surface area contributed by atoms with Crippen LogP contribution in [0.2, 0.25) is 0 Å². The number of nitrogens with zero attached hydrogens (tertiary/aromatic N) is 1. The normalized spacial score (nSPS) is 18.9. The van der Waals surface area contributed by atoms with Crippen molar-refractivity contribution in [3.05, 3.63) is 23.8 Å². The van der Waals surface area contributed by atoms with Crippen LogP contribution in [0.3, 0.4) is 0 Å². The largest absolute Gasteiger partial charge is 0.482 e. The summed E-state index contributed by atoms with van der Waals surface area (Å²) in [6, 6.07) is 5.10. The molecule has 148 valence electrons. The number of anilines is 1. The van der Waals surface area contributed by atoms with E-state index in [1.165, 1.54) is 12.8 Å². The van der Waals surface area contributed by atoms with Crippen molar-refractivity contribution in [1.82, 2.24) is 10.2 Å². The molecule has 0 radical (unpaired) electrons. The lowest BCUT2D eigenvalue weighted by Gasteiger charge is -2.37. The number of nitrogens with one attached hydrogen (secondary N) is 2. The number of ether oxygens (including phenoxy) is 1. The van der Waals surface area contributed by atoms with Crippen LogP contribution in [0.25, 0.3) is 0 Å². The van der Waals surface area contributed by atoms with Gasteiger partial charge in [-0.05, 0) is 81.3 Å². The lowest BCUT2D eigenvalue weighted by molar-refractivity contribution is -0.139. The van der Waals surface area contributed by atoms with Gasteiger partial charge < -0.3 is 25.4 Å². The van der Waals surface area contributed by atoms with Gasteiger partial charge in [-0.15, -0.1) is 0 Å². The highest BCUT2D eigenvalue weighted by Crippen LogP contribution is 2.31. The van der Waals surface area contributed by atoms with Crippen LogP contribution in [0.5, 0.6) is 5.75 Å². The van der Waals surface area contributed by atoms with E-state index >= 15 is 0 Å². The highest BCUT2D eigenvalue weighted by Gasteiger charge is 2.29. The Morgan fingerprint density at radius 3 is 2.48 bits per heavy atom. The number of carboxylic acids is 1. The average Bonchev–Trinajstić information content (AvgIpc) is 2.69. The fourth-order valence-corrected chi connectivity index (χ4v) is 4.10. The van der Waals surface area contributed by atoms with Gasteiger partial charge in [0.2, 0.25) is 0 Å². The lowest BCUT2D eigenvalue weighted by Crippen LogP contribution is -2.43. The van der Waals surface area contributed by atoms with Crippen molar-refractivity contribution in [3.63, 3.8) is 0 Å². The van der Waals surface area contributed by atoms with Crippen molar-refractivity contribution < 1.29 is 19.4 Å². The summed E-state index contributed by atoms with van der Waals surface area (Å²) in [5, 5.41) is 15.1. The predicted octanol–water partition coefficient (Wildman–Crippen LogP) is 2.70. The van der Waals surface area contributed by atoms with Gasteiger partial charge in [0.25, 0.3) is 0 Å². The molecule has 1 aromatic carbocycles. The molecule has 2 aliphatic heterocycles. The highest BCUT2D eigenvalue weighted by molar-refractivity contribution is 5.90. The van der Waals surface area contributed by atoms with Crippen molar-refractivity contribution in [2.45, 2.75) is 32.6 Å². The standard InChI is InChI=1S/C20H29N3O4/c1-14-12-17(27-13-19(24)25)2-3-18(14)22-20(26)23-10-6-16(7-11-23)15-4-8-21-9-5-15/h2-3,12,15-16,21H,4-11,13H2,1H3,(H,22,26)(H,24,25). The first-order valence-electron chi connectivity index (χ1n) is 9.75. The molecular weight excluding hydrogens is 346 g/mol. The van der Waals surface area contributed by atoms with Crippen molar-refractivity contribution in [2.24, 2.45) is 11.8 Å². The Morgan fingerprint density at radius 1 is 1.19 bits per heavy atom. The molecule has 3 N–H and O–H groups in total. The minimum atomic E-state index is -1.02. The summed E-state index contributed by atoms with van der Waals surface area (Å²) < 4.78 is 5.17. The van der Waals surface area contributed by atoms with Crippen LogP contribution < -0.4 is 15.4 Å². The number of urea groups is 1. The molecule has 0 atom stereocenters. The molecule has 2 saturated heterocycles. The quantitative estimate of drug-likeness (QED) is 0.736. The Morgan fingerprint density at radius 2 is 1.85 bits per heavy atom. The number of benzene rings is 1. The van der Waals surface area contributed by atoms with Crippen molar-refractivity contribution in [1.29, 1.82) is 0 Å². The second-order valence-corrected chi connectivity index (χ2v) is 7.50. The van der Waals surface area contributed by atoms with Crippen LogP contribution in [0, 0.1) is 18.8 Å². The lowest BCUT2D eigenvalue weighted by atomic mass is 9.79. The van der Waals surface area contributed by atoms with Gasteiger partial charge in [-0.2, -0.15) is 0 Å². The van der Waals surface area contributed by atoms with E-state index in [-0.39, 0.29) is 12.6 Å². The van der Waals surface area contributed by atoms with E-state index in [0.29, 0.717) is 5.75 Å². The fourth-order valence-electron chi connectivity index (χ4n) is 4.10. The predicted molar refractivity (Wildman–Crippen MR) is 103 cm³/mol. The molecule has 2 fully saturated rings. The number of likely N-dealkylation sites (tertiary alicyclic amines) is 1. The van der Waals surface area contributed by atoms with E-state index in [4.69, 9.17) is 9.84 Å². The molecule has 2 amide bonds. The summed E-state index contributed by atoms with van der Waals surface area (Å²) in [5.41, 5.74) is 1.57. The first-order chi connectivity index (χ1) is 13.0. The molecule has 0 aromatic heterocycles. The van der Waals surface area contributed by atoms with Crippen LogP contribution in [-0.4, -0.2) is 54.8 Å². The van der Waals surface area contributed by atoms with Gasteiger partial charge in [0, 0.05) is 18.8 Å². The van der Waals surface area contributed by atoms with Gasteiger partial charge in [0.05, 0.1) is 0 Å². The topological polar surface area (TPSA) is 90.9 Å². The van der Waals surface area contributed by atoms with Gasteiger partial charge >= 0.3 is 12.0 Å². The third-order valence-corrected chi connectivity index (χ3v) is 5.68. The number of carbonyl (C=O) groups excluding carboxylic acids is 1. The maximum absolute atomic E-state index is 12.6. The Balaban J connectivity index is 1.49. The summed E-state index contributed by atoms with van der Waals surface area (Å²) in [7, 11) is 0. The zero-order valence-electron chi connectivity index (χ0n) is 15.9. The van der Waals surface area contributed by atoms with Crippen LogP contribution in [-0.2, 0) is 4.79 Å². The van der Waals surface area contributed by atoms with E-state index in [2.05, 4.69) is 10.6 Å². The second kappa shape index (κ2) is 9.08. The van der Waals surface area contributed by atoms with Crippen LogP contribution >= 0.6 is 0 Å². The minimum Gasteiger partial charge on any atom is -0.482 e. The molecule has 0 aliphatic carbocycles. The molecule has 3 rings (SSSR count). The van der Waals surface area contributed by atoms with E-state index in [1.807, 2.05) is 11.8 Å². The maximum Gasteiger partial charge on any atom is 0.341 e. The van der Waals surface area contributed by atoms with Crippen molar-refractivity contribution >= 4 is 17.7 Å². The Kier molecular flexibility index (Phi) is 6.55. The van der Waals surface area contributed by atoms with Crippen LogP contribution in [0.1, 0.15) is 31.2 Å². The van der Waals surface area contributed by atoms with E-state index in [9.17, 15) is 9.59 Å². The number of rotatable bonds is 5. The zero-order valence-corrected chi connectivity index (χ0v) is 15.9. The first-order valence-corrected chi connectivity index (χ1v) is 9.75. The van der Waals surface area contributed by atoms with Crippen molar-refractivity contribution in [2.75, 3.05) is 38.1 Å². The number of carbonyl (C=O) groups is 2. The summed E-state index contributed by atoms with van der Waals surface area (Å²) >= 11 is 0. The van der Waals surface area contributed by atoms with Gasteiger partial charge in [0.15, 0.2) is 6.61 Å².